The molecule has 1 aromatic carbocycles. The number of aryl methyl sites for hydroxylation is 1. The van der Waals surface area contributed by atoms with Crippen molar-refractivity contribution in [2.45, 2.75) is 11.9 Å². The predicted octanol–water partition coefficient (Wildman–Crippen LogP) is 3.14. The van der Waals surface area contributed by atoms with E-state index in [0.29, 0.717) is 15.9 Å². The molecule has 4 aromatic rings. The molecule has 0 aliphatic carbocycles. The number of ether oxygens (including phenoxy) is 1. The molecule has 0 spiro atoms. The minimum atomic E-state index is -3.90. The maximum atomic E-state index is 13.4. The molecule has 4 heterocycles. The Kier molecular flexibility index (Phi) is 6.37. The fourth-order valence-corrected chi connectivity index (χ4v) is 5.95. The molecule has 0 radical (unpaired) electrons. The molecule has 0 atom stereocenters. The third-order valence-corrected chi connectivity index (χ3v) is 8.17. The van der Waals surface area contributed by atoms with Gasteiger partial charge in [0.15, 0.2) is 10.8 Å². The van der Waals surface area contributed by atoms with Crippen molar-refractivity contribution in [1.82, 2.24) is 29.1 Å². The highest BCUT2D eigenvalue weighted by Gasteiger charge is 2.35. The number of nitrogens with one attached hydrogen (secondary N) is 1. The number of halogens is 1. The van der Waals surface area contributed by atoms with Crippen molar-refractivity contribution in [1.29, 1.82) is 0 Å². The van der Waals surface area contributed by atoms with Crippen molar-refractivity contribution in [3.63, 3.8) is 0 Å². The van der Waals surface area contributed by atoms with Crippen LogP contribution in [0.3, 0.4) is 0 Å². The number of rotatable bonds is 5. The summed E-state index contributed by atoms with van der Waals surface area (Å²) in [5.74, 6) is -0.0683. The third-order valence-electron chi connectivity index (χ3n) is 6.08. The Hall–Kier alpha value is -3.54. The van der Waals surface area contributed by atoms with Crippen LogP contribution in [-0.4, -0.2) is 76.8 Å². The first-order chi connectivity index (χ1) is 17.3. The van der Waals surface area contributed by atoms with E-state index in [0.717, 1.165) is 16.8 Å². The lowest BCUT2D eigenvalue weighted by Gasteiger charge is -2.33. The maximum absolute atomic E-state index is 13.4. The lowest BCUT2D eigenvalue weighted by atomic mass is 10.1. The Morgan fingerprint density at radius 1 is 1.03 bits per heavy atom. The van der Waals surface area contributed by atoms with E-state index in [1.165, 1.54) is 11.4 Å². The van der Waals surface area contributed by atoms with Crippen LogP contribution in [0, 0.1) is 6.92 Å². The Balaban J connectivity index is 1.30. The van der Waals surface area contributed by atoms with Gasteiger partial charge in [-0.3, -0.25) is 9.78 Å². The van der Waals surface area contributed by atoms with Crippen LogP contribution in [0.1, 0.15) is 16.3 Å². The van der Waals surface area contributed by atoms with Crippen molar-refractivity contribution >= 4 is 38.4 Å². The number of sulfonamides is 1. The minimum Gasteiger partial charge on any atom is -0.493 e. The van der Waals surface area contributed by atoms with Crippen LogP contribution >= 0.6 is 11.6 Å². The van der Waals surface area contributed by atoms with E-state index in [1.807, 2.05) is 19.1 Å². The number of aromatic amines is 1. The summed E-state index contributed by atoms with van der Waals surface area (Å²) < 4.78 is 33.6. The van der Waals surface area contributed by atoms with E-state index in [2.05, 4.69) is 19.9 Å². The number of hydrogen-bond acceptors (Lipinski definition) is 7. The zero-order valence-electron chi connectivity index (χ0n) is 19.6. The van der Waals surface area contributed by atoms with Gasteiger partial charge in [-0.15, -0.1) is 0 Å². The van der Waals surface area contributed by atoms with Gasteiger partial charge in [-0.05, 0) is 42.8 Å². The molecule has 1 amide bonds. The average molecular weight is 527 g/mol. The number of carbonyl (C=O) groups is 1. The highest BCUT2D eigenvalue weighted by Crippen LogP contribution is 2.36. The van der Waals surface area contributed by atoms with Crippen molar-refractivity contribution in [2.75, 3.05) is 33.3 Å². The van der Waals surface area contributed by atoms with E-state index in [1.54, 1.807) is 41.7 Å². The number of nitrogens with zero attached hydrogens (tertiary/aromatic N) is 5. The van der Waals surface area contributed by atoms with E-state index < -0.39 is 10.0 Å². The van der Waals surface area contributed by atoms with Gasteiger partial charge >= 0.3 is 0 Å². The van der Waals surface area contributed by atoms with Crippen molar-refractivity contribution < 1.29 is 17.9 Å². The van der Waals surface area contributed by atoms with E-state index >= 15 is 0 Å². The minimum absolute atomic E-state index is 0.0349. The van der Waals surface area contributed by atoms with Gasteiger partial charge in [-0.2, -0.15) is 4.31 Å². The first-order valence-electron chi connectivity index (χ1n) is 11.2. The molecule has 1 saturated heterocycles. The fraction of sp³-hybridized carbons (Fsp3) is 0.250. The number of pyridine rings is 1. The van der Waals surface area contributed by atoms with E-state index in [9.17, 15) is 13.2 Å². The van der Waals surface area contributed by atoms with Crippen LogP contribution in [0.15, 0.2) is 53.9 Å². The summed E-state index contributed by atoms with van der Waals surface area (Å²) in [5, 5.41) is 1.02. The summed E-state index contributed by atoms with van der Waals surface area (Å²) in [7, 11) is -2.48. The van der Waals surface area contributed by atoms with Gasteiger partial charge in [0.2, 0.25) is 5.82 Å². The molecule has 1 aliphatic rings. The third kappa shape index (κ3) is 4.41. The molecular formula is C24H23ClN6O4S. The second-order valence-electron chi connectivity index (χ2n) is 8.35. The van der Waals surface area contributed by atoms with Gasteiger partial charge in [0.1, 0.15) is 0 Å². The number of fused-ring (bicyclic) bond motifs is 1. The molecule has 10 nitrogen and oxygen atoms in total. The molecule has 12 heteroatoms. The van der Waals surface area contributed by atoms with Crippen LogP contribution in [0.25, 0.3) is 22.0 Å². The fourth-order valence-electron chi connectivity index (χ4n) is 4.21. The van der Waals surface area contributed by atoms with Crippen molar-refractivity contribution in [2.24, 2.45) is 0 Å². The number of piperazine rings is 1. The summed E-state index contributed by atoms with van der Waals surface area (Å²) in [6, 6.07) is 8.80. The molecule has 1 N–H and O–H groups in total. The molecule has 5 rings (SSSR count). The Morgan fingerprint density at radius 3 is 2.42 bits per heavy atom. The van der Waals surface area contributed by atoms with Crippen LogP contribution in [0.5, 0.6) is 5.75 Å². The van der Waals surface area contributed by atoms with Crippen LogP contribution in [0.4, 0.5) is 0 Å². The van der Waals surface area contributed by atoms with Crippen LogP contribution < -0.4 is 4.74 Å². The van der Waals surface area contributed by atoms with Gasteiger partial charge in [-0.1, -0.05) is 11.6 Å². The normalized spacial score (nSPS) is 14.8. The number of methoxy groups -OCH3 is 1. The monoisotopic (exact) mass is 526 g/mol. The van der Waals surface area contributed by atoms with E-state index in [-0.39, 0.29) is 48.7 Å². The predicted molar refractivity (Wildman–Crippen MR) is 135 cm³/mol. The van der Waals surface area contributed by atoms with Crippen molar-refractivity contribution in [3.8, 4) is 16.9 Å². The Morgan fingerprint density at radius 2 is 1.75 bits per heavy atom. The molecular weight excluding hydrogens is 504 g/mol. The molecule has 1 fully saturated rings. The zero-order chi connectivity index (χ0) is 25.4. The summed E-state index contributed by atoms with van der Waals surface area (Å²) in [6.07, 6.45) is 4.91. The largest absolute Gasteiger partial charge is 0.493 e. The second-order valence-corrected chi connectivity index (χ2v) is 10.7. The number of H-pyrrole nitrogens is 1. The summed E-state index contributed by atoms with van der Waals surface area (Å²) in [4.78, 5) is 30.1. The average Bonchev–Trinajstić information content (AvgIpc) is 3.27. The van der Waals surface area contributed by atoms with Gasteiger partial charge < -0.3 is 14.6 Å². The first kappa shape index (κ1) is 24.2. The highest BCUT2D eigenvalue weighted by atomic mass is 35.5. The number of aromatic nitrogens is 4. The maximum Gasteiger partial charge on any atom is 0.291 e. The molecule has 0 unspecified atom stereocenters. The molecule has 0 bridgehead atoms. The Labute approximate surface area is 213 Å². The first-order valence-corrected chi connectivity index (χ1v) is 13.0. The lowest BCUT2D eigenvalue weighted by Crippen LogP contribution is -2.50. The van der Waals surface area contributed by atoms with Gasteiger partial charge in [-0.25, -0.2) is 18.4 Å². The zero-order valence-corrected chi connectivity index (χ0v) is 21.2. The van der Waals surface area contributed by atoms with Gasteiger partial charge in [0.25, 0.3) is 15.9 Å². The molecule has 0 saturated carbocycles. The number of hydrogen-bond donors (Lipinski definition) is 1. The quantitative estimate of drug-likeness (QED) is 0.424. The number of benzene rings is 1. The van der Waals surface area contributed by atoms with Crippen molar-refractivity contribution in [3.05, 3.63) is 65.5 Å². The topological polar surface area (TPSA) is 121 Å². The molecule has 36 heavy (non-hydrogen) atoms. The standard InChI is InChI=1S/C24H23ClN6O4S/c1-15-11-16(5-6-26-15)17-13-27-22(28-14-17)24(32)30-7-9-31(10-8-30)36(33,34)23-21(35-2)19-12-18(25)3-4-20(19)29-23/h3-6,11-14,29H,7-10H2,1-2H3. The number of amides is 1. The number of carbonyl (C=O) groups excluding carboxylic acids is 1. The van der Waals surface area contributed by atoms with Gasteiger partial charge in [0.05, 0.1) is 12.6 Å². The molecule has 3 aromatic heterocycles. The summed E-state index contributed by atoms with van der Waals surface area (Å²) >= 11 is 6.08. The summed E-state index contributed by atoms with van der Waals surface area (Å²) in [5.41, 5.74) is 3.16. The second kappa shape index (κ2) is 9.49. The van der Waals surface area contributed by atoms with E-state index in [4.69, 9.17) is 16.3 Å². The summed E-state index contributed by atoms with van der Waals surface area (Å²) in [6.45, 7) is 2.57. The molecule has 186 valence electrons. The molecule has 1 aliphatic heterocycles. The highest BCUT2D eigenvalue weighted by molar-refractivity contribution is 7.89. The van der Waals surface area contributed by atoms with Gasteiger partial charge in [0, 0.05) is 66.4 Å². The smallest absolute Gasteiger partial charge is 0.291 e. The Bertz CT molecular complexity index is 1550. The van der Waals surface area contributed by atoms with Crippen LogP contribution in [0.2, 0.25) is 5.02 Å². The SMILES string of the molecule is COc1c(S(=O)(=O)N2CCN(C(=O)c3ncc(-c4ccnc(C)c4)cn3)CC2)[nH]c2ccc(Cl)cc12. The lowest BCUT2D eigenvalue weighted by molar-refractivity contribution is 0.0685. The van der Waals surface area contributed by atoms with Crippen LogP contribution in [-0.2, 0) is 10.0 Å².